The minimum atomic E-state index is 0.282. The van der Waals surface area contributed by atoms with Crippen LogP contribution in [0.5, 0.6) is 0 Å². The van der Waals surface area contributed by atoms with E-state index in [1.165, 1.54) is 10.5 Å². The average Bonchev–Trinajstić information content (AvgIpc) is 2.21. The molecular formula is C12H17NS2. The first kappa shape index (κ1) is 12.5. The number of benzene rings is 1. The quantitative estimate of drug-likeness (QED) is 0.631. The van der Waals surface area contributed by atoms with Crippen molar-refractivity contribution in [1.29, 1.82) is 0 Å². The van der Waals surface area contributed by atoms with E-state index in [0.717, 1.165) is 12.2 Å². The predicted molar refractivity (Wildman–Crippen MR) is 72.5 cm³/mol. The Morgan fingerprint density at radius 1 is 1.40 bits per heavy atom. The van der Waals surface area contributed by atoms with E-state index in [1.807, 2.05) is 11.8 Å². The lowest BCUT2D eigenvalue weighted by Gasteiger charge is -2.09. The molecule has 3 heteroatoms. The molecule has 0 aromatic heterocycles. The molecule has 0 bridgehead atoms. The van der Waals surface area contributed by atoms with Crippen LogP contribution in [0.15, 0.2) is 29.2 Å². The van der Waals surface area contributed by atoms with Crippen molar-refractivity contribution in [3.05, 3.63) is 29.8 Å². The molecule has 82 valence electrons. The van der Waals surface area contributed by atoms with E-state index >= 15 is 0 Å². The first-order chi connectivity index (χ1) is 7.13. The van der Waals surface area contributed by atoms with Crippen LogP contribution < -0.4 is 5.73 Å². The summed E-state index contributed by atoms with van der Waals surface area (Å²) in [5.74, 6) is 1.40. The van der Waals surface area contributed by atoms with E-state index in [0.29, 0.717) is 4.99 Å². The summed E-state index contributed by atoms with van der Waals surface area (Å²) in [4.78, 5) is 1.92. The van der Waals surface area contributed by atoms with Gasteiger partial charge in [0.15, 0.2) is 0 Å². The van der Waals surface area contributed by atoms with Crippen LogP contribution in [0.3, 0.4) is 0 Å². The van der Waals surface area contributed by atoms with Crippen LogP contribution in [0.4, 0.5) is 0 Å². The summed E-state index contributed by atoms with van der Waals surface area (Å²) < 4.78 is 0. The monoisotopic (exact) mass is 239 g/mol. The minimum absolute atomic E-state index is 0.282. The van der Waals surface area contributed by atoms with Gasteiger partial charge in [0, 0.05) is 10.8 Å². The summed E-state index contributed by atoms with van der Waals surface area (Å²) in [7, 11) is 0. The Hall–Kier alpha value is -0.540. The van der Waals surface area contributed by atoms with Crippen LogP contribution in [-0.2, 0) is 6.42 Å². The fraction of sp³-hybridized carbons (Fsp3) is 0.417. The second-order valence-electron chi connectivity index (χ2n) is 3.58. The molecule has 1 aromatic carbocycles. The van der Waals surface area contributed by atoms with Crippen LogP contribution in [0.2, 0.25) is 0 Å². The van der Waals surface area contributed by atoms with Gasteiger partial charge < -0.3 is 5.73 Å². The van der Waals surface area contributed by atoms with Gasteiger partial charge in [0.25, 0.3) is 0 Å². The molecule has 0 amide bonds. The smallest absolute Gasteiger partial charge is 0.0759 e. The van der Waals surface area contributed by atoms with E-state index in [-0.39, 0.29) is 5.92 Å². The van der Waals surface area contributed by atoms with Gasteiger partial charge in [-0.1, -0.05) is 38.2 Å². The van der Waals surface area contributed by atoms with Gasteiger partial charge in [-0.25, -0.2) is 0 Å². The molecule has 15 heavy (non-hydrogen) atoms. The van der Waals surface area contributed by atoms with Crippen LogP contribution >= 0.6 is 24.0 Å². The Labute approximate surface area is 101 Å². The third-order valence-corrected chi connectivity index (χ3v) is 3.56. The second-order valence-corrected chi connectivity index (χ2v) is 5.39. The molecule has 0 aliphatic heterocycles. The van der Waals surface area contributed by atoms with Crippen LogP contribution in [0, 0.1) is 5.92 Å². The summed E-state index contributed by atoms with van der Waals surface area (Å²) in [5, 5.41) is 0. The molecule has 1 atom stereocenters. The Kier molecular flexibility index (Phi) is 5.12. The van der Waals surface area contributed by atoms with Crippen LogP contribution in [0.25, 0.3) is 0 Å². The highest BCUT2D eigenvalue weighted by molar-refractivity contribution is 7.99. The van der Waals surface area contributed by atoms with Gasteiger partial charge in [-0.15, -0.1) is 11.8 Å². The maximum Gasteiger partial charge on any atom is 0.0759 e. The second kappa shape index (κ2) is 6.13. The van der Waals surface area contributed by atoms with Gasteiger partial charge in [0.1, 0.15) is 0 Å². The number of hydrogen-bond acceptors (Lipinski definition) is 2. The Morgan fingerprint density at radius 2 is 2.00 bits per heavy atom. The normalized spacial score (nSPS) is 12.4. The largest absolute Gasteiger partial charge is 0.393 e. The van der Waals surface area contributed by atoms with Crippen molar-refractivity contribution >= 4 is 29.0 Å². The number of thiocarbonyl (C=S) groups is 1. The maximum atomic E-state index is 5.59. The molecule has 1 aromatic rings. The standard InChI is InChI=1S/C12H17NS2/c1-3-15-11-6-4-10(5-7-11)8-9(2)12(13)14/h4-7,9H,3,8H2,1-2H3,(H2,13,14). The Balaban J connectivity index is 2.60. The highest BCUT2D eigenvalue weighted by Crippen LogP contribution is 2.19. The van der Waals surface area contributed by atoms with E-state index in [9.17, 15) is 0 Å². The molecule has 1 rings (SSSR count). The van der Waals surface area contributed by atoms with Crippen LogP contribution in [-0.4, -0.2) is 10.7 Å². The summed E-state index contributed by atoms with van der Waals surface area (Å²) in [6, 6.07) is 8.64. The Bertz CT molecular complexity index is 319. The first-order valence-electron chi connectivity index (χ1n) is 5.14. The van der Waals surface area contributed by atoms with E-state index < -0.39 is 0 Å². The zero-order valence-electron chi connectivity index (χ0n) is 9.19. The maximum absolute atomic E-state index is 5.59. The lowest BCUT2D eigenvalue weighted by Crippen LogP contribution is -2.20. The first-order valence-corrected chi connectivity index (χ1v) is 6.54. The molecule has 1 nitrogen and oxygen atoms in total. The van der Waals surface area contributed by atoms with Crippen molar-refractivity contribution in [1.82, 2.24) is 0 Å². The van der Waals surface area contributed by atoms with Crippen molar-refractivity contribution in [3.8, 4) is 0 Å². The SMILES string of the molecule is CCSc1ccc(CC(C)C(N)=S)cc1. The molecule has 0 radical (unpaired) electrons. The fourth-order valence-corrected chi connectivity index (χ4v) is 2.09. The molecule has 0 heterocycles. The minimum Gasteiger partial charge on any atom is -0.393 e. The highest BCUT2D eigenvalue weighted by atomic mass is 32.2. The zero-order chi connectivity index (χ0) is 11.3. The summed E-state index contributed by atoms with van der Waals surface area (Å²) in [6.07, 6.45) is 0.937. The number of rotatable bonds is 5. The summed E-state index contributed by atoms with van der Waals surface area (Å²) >= 11 is 6.82. The average molecular weight is 239 g/mol. The van der Waals surface area contributed by atoms with Crippen molar-refractivity contribution < 1.29 is 0 Å². The lowest BCUT2D eigenvalue weighted by molar-refractivity contribution is 0.771. The summed E-state index contributed by atoms with van der Waals surface area (Å²) in [6.45, 7) is 4.23. The third kappa shape index (κ3) is 4.22. The molecule has 1 unspecified atom stereocenters. The van der Waals surface area contributed by atoms with E-state index in [1.54, 1.807) is 0 Å². The number of hydrogen-bond donors (Lipinski definition) is 1. The van der Waals surface area contributed by atoms with Gasteiger partial charge in [0.05, 0.1) is 4.99 Å². The van der Waals surface area contributed by atoms with Crippen molar-refractivity contribution in [3.63, 3.8) is 0 Å². The van der Waals surface area contributed by atoms with Crippen molar-refractivity contribution in [2.75, 3.05) is 5.75 Å². The molecule has 0 aliphatic rings. The Morgan fingerprint density at radius 3 is 2.47 bits per heavy atom. The van der Waals surface area contributed by atoms with Gasteiger partial charge in [-0.05, 0) is 29.9 Å². The molecule has 0 fully saturated rings. The topological polar surface area (TPSA) is 26.0 Å². The van der Waals surface area contributed by atoms with Crippen molar-refractivity contribution in [2.45, 2.75) is 25.2 Å². The lowest BCUT2D eigenvalue weighted by atomic mass is 10.0. The van der Waals surface area contributed by atoms with Gasteiger partial charge in [0.2, 0.25) is 0 Å². The molecule has 0 saturated carbocycles. The van der Waals surface area contributed by atoms with Gasteiger partial charge in [-0.2, -0.15) is 0 Å². The number of thioether (sulfide) groups is 1. The van der Waals surface area contributed by atoms with Crippen LogP contribution in [0.1, 0.15) is 19.4 Å². The van der Waals surface area contributed by atoms with Gasteiger partial charge in [-0.3, -0.25) is 0 Å². The van der Waals surface area contributed by atoms with Crippen molar-refractivity contribution in [2.24, 2.45) is 11.7 Å². The van der Waals surface area contributed by atoms with E-state index in [4.69, 9.17) is 18.0 Å². The molecule has 0 spiro atoms. The third-order valence-electron chi connectivity index (χ3n) is 2.26. The highest BCUT2D eigenvalue weighted by Gasteiger charge is 2.05. The number of nitrogens with two attached hydrogens (primary N) is 1. The predicted octanol–water partition coefficient (Wildman–Crippen LogP) is 3.26. The molecular weight excluding hydrogens is 222 g/mol. The molecule has 0 saturated heterocycles. The van der Waals surface area contributed by atoms with E-state index in [2.05, 4.69) is 38.1 Å². The van der Waals surface area contributed by atoms with Gasteiger partial charge >= 0.3 is 0 Å². The molecule has 0 aliphatic carbocycles. The fourth-order valence-electron chi connectivity index (χ4n) is 1.34. The summed E-state index contributed by atoms with van der Waals surface area (Å²) in [5.41, 5.74) is 6.89. The zero-order valence-corrected chi connectivity index (χ0v) is 10.8. The molecule has 2 N–H and O–H groups in total.